The maximum absolute atomic E-state index is 12.1. The van der Waals surface area contributed by atoms with E-state index in [-0.39, 0.29) is 5.56 Å². The van der Waals surface area contributed by atoms with E-state index < -0.39 is 30.4 Å². The standard InChI is InChI=1S/C14H17N3O5/c15-13(19)11-3-1-2-6-17(11)12(18)9-22-14(20)10-4-7-16(21)8-5-10/h4-5,7-8,11H,1-3,6,9H2,(H2,15,19)/t11-/m1/s1. The molecule has 1 fully saturated rings. The summed E-state index contributed by atoms with van der Waals surface area (Å²) in [6, 6.07) is 1.95. The minimum atomic E-state index is -0.707. The number of carbonyl (C=O) groups excluding carboxylic acids is 3. The van der Waals surface area contributed by atoms with Gasteiger partial charge in [-0.15, -0.1) is 0 Å². The third kappa shape index (κ3) is 3.72. The van der Waals surface area contributed by atoms with Crippen molar-refractivity contribution in [3.63, 3.8) is 0 Å². The van der Waals surface area contributed by atoms with Gasteiger partial charge in [0.15, 0.2) is 19.0 Å². The molecule has 8 heteroatoms. The molecule has 1 aromatic heterocycles. The first kappa shape index (κ1) is 15.7. The summed E-state index contributed by atoms with van der Waals surface area (Å²) in [5.41, 5.74) is 5.46. The van der Waals surface area contributed by atoms with E-state index in [9.17, 15) is 19.6 Å². The number of hydrogen-bond donors (Lipinski definition) is 1. The second-order valence-corrected chi connectivity index (χ2v) is 5.02. The van der Waals surface area contributed by atoms with Gasteiger partial charge < -0.3 is 20.6 Å². The molecular weight excluding hydrogens is 290 g/mol. The maximum atomic E-state index is 12.1. The van der Waals surface area contributed by atoms with Crippen LogP contribution in [0.25, 0.3) is 0 Å². The van der Waals surface area contributed by atoms with Gasteiger partial charge in [0.05, 0.1) is 5.56 Å². The molecule has 0 unspecified atom stereocenters. The van der Waals surface area contributed by atoms with Crippen LogP contribution in [0.15, 0.2) is 24.5 Å². The number of hydrogen-bond acceptors (Lipinski definition) is 5. The molecule has 1 saturated heterocycles. The van der Waals surface area contributed by atoms with Gasteiger partial charge in [0.25, 0.3) is 5.91 Å². The van der Waals surface area contributed by atoms with Crippen molar-refractivity contribution in [1.29, 1.82) is 0 Å². The zero-order valence-electron chi connectivity index (χ0n) is 11.9. The molecule has 0 aromatic carbocycles. The molecular formula is C14H17N3O5. The number of carbonyl (C=O) groups is 3. The Labute approximate surface area is 127 Å². The highest BCUT2D eigenvalue weighted by Crippen LogP contribution is 2.17. The van der Waals surface area contributed by atoms with Crippen molar-refractivity contribution in [2.75, 3.05) is 13.2 Å². The molecule has 2 amide bonds. The zero-order chi connectivity index (χ0) is 16.1. The Balaban J connectivity index is 1.92. The molecule has 1 aromatic rings. The van der Waals surface area contributed by atoms with Crippen LogP contribution in [-0.4, -0.2) is 41.9 Å². The molecule has 2 heterocycles. The Morgan fingerprint density at radius 1 is 1.32 bits per heavy atom. The van der Waals surface area contributed by atoms with Gasteiger partial charge in [-0.25, -0.2) is 4.79 Å². The third-order valence-corrected chi connectivity index (χ3v) is 3.52. The van der Waals surface area contributed by atoms with Gasteiger partial charge in [-0.2, -0.15) is 4.73 Å². The lowest BCUT2D eigenvalue weighted by Gasteiger charge is -2.33. The van der Waals surface area contributed by atoms with Gasteiger partial charge in [0.2, 0.25) is 5.91 Å². The third-order valence-electron chi connectivity index (χ3n) is 3.52. The van der Waals surface area contributed by atoms with Crippen molar-refractivity contribution in [2.24, 2.45) is 5.73 Å². The van der Waals surface area contributed by atoms with Crippen LogP contribution in [0.5, 0.6) is 0 Å². The predicted molar refractivity (Wildman–Crippen MR) is 74.2 cm³/mol. The van der Waals surface area contributed by atoms with Gasteiger partial charge in [-0.05, 0) is 19.3 Å². The predicted octanol–water partition coefficient (Wildman–Crippen LogP) is -0.657. The summed E-state index contributed by atoms with van der Waals surface area (Å²) in [5, 5.41) is 10.9. The van der Waals surface area contributed by atoms with E-state index in [0.717, 1.165) is 25.2 Å². The van der Waals surface area contributed by atoms with E-state index in [0.29, 0.717) is 17.7 Å². The molecule has 22 heavy (non-hydrogen) atoms. The lowest BCUT2D eigenvalue weighted by atomic mass is 10.0. The number of likely N-dealkylation sites (tertiary alicyclic amines) is 1. The number of primary amides is 1. The van der Waals surface area contributed by atoms with Crippen LogP contribution in [-0.2, 0) is 14.3 Å². The minimum Gasteiger partial charge on any atom is -0.619 e. The molecule has 2 rings (SSSR count). The van der Waals surface area contributed by atoms with Crippen LogP contribution in [0.1, 0.15) is 29.6 Å². The summed E-state index contributed by atoms with van der Waals surface area (Å²) in [4.78, 5) is 36.6. The molecule has 0 saturated carbocycles. The molecule has 0 spiro atoms. The highest BCUT2D eigenvalue weighted by atomic mass is 16.5. The quantitative estimate of drug-likeness (QED) is 0.450. The van der Waals surface area contributed by atoms with Crippen molar-refractivity contribution in [2.45, 2.75) is 25.3 Å². The first-order chi connectivity index (χ1) is 10.5. The number of amides is 2. The summed E-state index contributed by atoms with van der Waals surface area (Å²) >= 11 is 0. The van der Waals surface area contributed by atoms with Gasteiger partial charge in [0, 0.05) is 18.7 Å². The van der Waals surface area contributed by atoms with Gasteiger partial charge in [-0.3, -0.25) is 9.59 Å². The Morgan fingerprint density at radius 2 is 2.00 bits per heavy atom. The smallest absolute Gasteiger partial charge is 0.339 e. The SMILES string of the molecule is NC(=O)[C@H]1CCCCN1C(=O)COC(=O)c1cc[n+]([O-])cc1. The van der Waals surface area contributed by atoms with Gasteiger partial charge >= 0.3 is 5.97 Å². The fraction of sp³-hybridized carbons (Fsp3) is 0.429. The molecule has 2 N–H and O–H groups in total. The largest absolute Gasteiger partial charge is 0.619 e. The molecule has 0 aliphatic carbocycles. The number of rotatable bonds is 4. The highest BCUT2D eigenvalue weighted by molar-refractivity contribution is 5.92. The topological polar surface area (TPSA) is 117 Å². The van der Waals surface area contributed by atoms with Crippen molar-refractivity contribution >= 4 is 17.8 Å². The monoisotopic (exact) mass is 307 g/mol. The minimum absolute atomic E-state index is 0.171. The summed E-state index contributed by atoms with van der Waals surface area (Å²) in [6.45, 7) is -0.0413. The van der Waals surface area contributed by atoms with Crippen LogP contribution in [0.3, 0.4) is 0 Å². The van der Waals surface area contributed by atoms with E-state index in [1.54, 1.807) is 0 Å². The van der Waals surface area contributed by atoms with E-state index in [1.165, 1.54) is 17.0 Å². The van der Waals surface area contributed by atoms with Crippen molar-refractivity contribution in [3.05, 3.63) is 35.3 Å². The molecule has 1 aliphatic heterocycles. The number of piperidine rings is 1. The molecule has 1 aliphatic rings. The summed E-state index contributed by atoms with van der Waals surface area (Å²) in [5.74, 6) is -1.71. The van der Waals surface area contributed by atoms with Crippen LogP contribution in [0, 0.1) is 5.21 Å². The van der Waals surface area contributed by atoms with E-state index in [4.69, 9.17) is 10.5 Å². The summed E-state index contributed by atoms with van der Waals surface area (Å²) < 4.78 is 5.45. The molecule has 118 valence electrons. The first-order valence-electron chi connectivity index (χ1n) is 6.94. The van der Waals surface area contributed by atoms with E-state index in [2.05, 4.69) is 0 Å². The van der Waals surface area contributed by atoms with Crippen LogP contribution >= 0.6 is 0 Å². The van der Waals surface area contributed by atoms with Crippen LogP contribution in [0.2, 0.25) is 0 Å². The average Bonchev–Trinajstić information content (AvgIpc) is 2.53. The molecule has 8 nitrogen and oxygen atoms in total. The average molecular weight is 307 g/mol. The Hall–Kier alpha value is -2.64. The number of aromatic nitrogens is 1. The Bertz CT molecular complexity index is 572. The normalized spacial score (nSPS) is 17.8. The number of ether oxygens (including phenoxy) is 1. The van der Waals surface area contributed by atoms with Crippen LogP contribution < -0.4 is 10.5 Å². The lowest BCUT2D eigenvalue weighted by molar-refractivity contribution is -0.605. The van der Waals surface area contributed by atoms with Crippen molar-refractivity contribution in [1.82, 2.24) is 4.90 Å². The van der Waals surface area contributed by atoms with E-state index in [1.807, 2.05) is 0 Å². The number of nitrogens with zero attached hydrogens (tertiary/aromatic N) is 2. The number of nitrogens with two attached hydrogens (primary N) is 1. The summed E-state index contributed by atoms with van der Waals surface area (Å²) in [6.07, 6.45) is 4.46. The molecule has 1 atom stereocenters. The number of esters is 1. The van der Waals surface area contributed by atoms with Gasteiger partial charge in [0.1, 0.15) is 6.04 Å². The fourth-order valence-electron chi connectivity index (χ4n) is 2.37. The van der Waals surface area contributed by atoms with Crippen molar-refractivity contribution < 1.29 is 23.9 Å². The van der Waals surface area contributed by atoms with Crippen LogP contribution in [0.4, 0.5) is 0 Å². The maximum Gasteiger partial charge on any atom is 0.339 e. The van der Waals surface area contributed by atoms with Crippen molar-refractivity contribution in [3.8, 4) is 0 Å². The molecule has 0 bridgehead atoms. The van der Waals surface area contributed by atoms with Gasteiger partial charge in [-0.1, -0.05) is 0 Å². The second-order valence-electron chi connectivity index (χ2n) is 5.02. The lowest BCUT2D eigenvalue weighted by Crippen LogP contribution is -2.51. The summed E-state index contributed by atoms with van der Waals surface area (Å²) in [7, 11) is 0. The Kier molecular flexibility index (Phi) is 4.92. The highest BCUT2D eigenvalue weighted by Gasteiger charge is 2.31. The fourth-order valence-corrected chi connectivity index (χ4v) is 2.37. The number of pyridine rings is 1. The Morgan fingerprint density at radius 3 is 2.64 bits per heavy atom. The van der Waals surface area contributed by atoms with E-state index >= 15 is 0 Å². The zero-order valence-corrected chi connectivity index (χ0v) is 11.9. The first-order valence-corrected chi connectivity index (χ1v) is 6.94. The second kappa shape index (κ2) is 6.88. The molecule has 0 radical (unpaired) electrons.